The highest BCUT2D eigenvalue weighted by Crippen LogP contribution is 2.26. The number of rotatable bonds is 5. The Morgan fingerprint density at radius 2 is 2.00 bits per heavy atom. The Balaban J connectivity index is 2.10. The van der Waals surface area contributed by atoms with Gasteiger partial charge in [-0.15, -0.1) is 11.3 Å². The maximum absolute atomic E-state index is 13.7. The average molecular weight is 373 g/mol. The molecule has 2 rings (SSSR count). The molecule has 1 heterocycles. The maximum atomic E-state index is 13.7. The van der Waals surface area contributed by atoms with Gasteiger partial charge in [-0.1, -0.05) is 0 Å². The smallest absolute Gasteiger partial charge is 0.352 e. The zero-order chi connectivity index (χ0) is 17.7. The Bertz CT molecular complexity index is 744. The van der Waals surface area contributed by atoms with E-state index >= 15 is 0 Å². The van der Waals surface area contributed by atoms with E-state index in [2.05, 4.69) is 20.4 Å². The van der Waals surface area contributed by atoms with Crippen LogP contribution in [0.5, 0.6) is 5.75 Å². The molecule has 0 radical (unpaired) electrons. The predicted molar refractivity (Wildman–Crippen MR) is 90.8 cm³/mol. The number of methoxy groups -OCH3 is 1. The van der Waals surface area contributed by atoms with Crippen LogP contribution >= 0.6 is 23.6 Å². The first-order valence-electron chi connectivity index (χ1n) is 6.67. The van der Waals surface area contributed by atoms with E-state index in [4.69, 9.17) is 17.0 Å². The van der Waals surface area contributed by atoms with Crippen molar-refractivity contribution in [2.75, 3.05) is 24.4 Å². The molecule has 0 unspecified atom stereocenters. The van der Waals surface area contributed by atoms with Crippen LogP contribution in [-0.4, -0.2) is 29.8 Å². The summed E-state index contributed by atoms with van der Waals surface area (Å²) in [4.78, 5) is 16.0. The van der Waals surface area contributed by atoms with Gasteiger partial charge in [-0.2, -0.15) is 0 Å². The number of ether oxygens (including phenoxy) is 2. The minimum atomic E-state index is -0.872. The molecule has 0 aliphatic rings. The molecular formula is C14H13F2N3O3S2. The van der Waals surface area contributed by atoms with Crippen molar-refractivity contribution in [2.45, 2.75) is 6.92 Å². The molecule has 0 spiro atoms. The molecule has 0 aliphatic heterocycles. The second-order valence-corrected chi connectivity index (χ2v) is 5.57. The summed E-state index contributed by atoms with van der Waals surface area (Å²) in [5.74, 6) is -2.56. The molecule has 6 nitrogen and oxygen atoms in total. The summed E-state index contributed by atoms with van der Waals surface area (Å²) in [5.41, 5.74) is 1.53. The highest BCUT2D eigenvalue weighted by atomic mass is 32.1. The van der Waals surface area contributed by atoms with Crippen molar-refractivity contribution >= 4 is 46.1 Å². The highest BCUT2D eigenvalue weighted by molar-refractivity contribution is 7.80. The summed E-state index contributed by atoms with van der Waals surface area (Å²) < 4.78 is 36.8. The third kappa shape index (κ3) is 4.15. The van der Waals surface area contributed by atoms with Gasteiger partial charge in [0.25, 0.3) is 0 Å². The van der Waals surface area contributed by atoms with Crippen molar-refractivity contribution in [3.05, 3.63) is 34.2 Å². The SMILES string of the molecule is CCOC(=O)c1scnc1NC(=S)Nc1cc(F)c(OC)c(F)c1. The van der Waals surface area contributed by atoms with Gasteiger partial charge in [0.05, 0.1) is 19.2 Å². The standard InChI is InChI=1S/C14H13F2N3O3S2/c1-3-22-13(20)11-12(17-6-24-11)19-14(23)18-7-4-8(15)10(21-2)9(16)5-7/h4-6H,3H2,1-2H3,(H2,18,19,23). The van der Waals surface area contributed by atoms with Gasteiger partial charge in [0, 0.05) is 17.8 Å². The zero-order valence-corrected chi connectivity index (χ0v) is 14.3. The van der Waals surface area contributed by atoms with Gasteiger partial charge >= 0.3 is 5.97 Å². The Morgan fingerprint density at radius 3 is 2.58 bits per heavy atom. The molecule has 0 aliphatic carbocycles. The van der Waals surface area contributed by atoms with Gasteiger partial charge in [0.2, 0.25) is 0 Å². The first-order valence-corrected chi connectivity index (χ1v) is 7.96. The normalized spacial score (nSPS) is 10.2. The number of nitrogens with one attached hydrogen (secondary N) is 2. The van der Waals surface area contributed by atoms with Crippen LogP contribution < -0.4 is 15.4 Å². The van der Waals surface area contributed by atoms with Crippen molar-refractivity contribution in [1.29, 1.82) is 0 Å². The van der Waals surface area contributed by atoms with Crippen LogP contribution in [0.2, 0.25) is 0 Å². The fourth-order valence-electron chi connectivity index (χ4n) is 1.77. The molecule has 10 heteroatoms. The van der Waals surface area contributed by atoms with Crippen LogP contribution in [0.4, 0.5) is 20.3 Å². The van der Waals surface area contributed by atoms with E-state index in [0.717, 1.165) is 23.5 Å². The molecule has 0 saturated heterocycles. The summed E-state index contributed by atoms with van der Waals surface area (Å²) in [5, 5.41) is 5.31. The lowest BCUT2D eigenvalue weighted by Gasteiger charge is -2.11. The first-order chi connectivity index (χ1) is 11.5. The molecule has 2 N–H and O–H groups in total. The zero-order valence-electron chi connectivity index (χ0n) is 12.7. The number of aromatic nitrogens is 1. The number of halogens is 2. The summed E-state index contributed by atoms with van der Waals surface area (Å²) in [6.07, 6.45) is 0. The molecule has 128 valence electrons. The van der Waals surface area contributed by atoms with E-state index in [1.54, 1.807) is 6.92 Å². The van der Waals surface area contributed by atoms with Crippen molar-refractivity contribution in [3.63, 3.8) is 0 Å². The number of thiazole rings is 1. The third-order valence-electron chi connectivity index (χ3n) is 2.72. The lowest BCUT2D eigenvalue weighted by molar-refractivity contribution is 0.0533. The quantitative estimate of drug-likeness (QED) is 0.615. The van der Waals surface area contributed by atoms with Crippen LogP contribution in [0.1, 0.15) is 16.6 Å². The molecule has 0 amide bonds. The van der Waals surface area contributed by atoms with Crippen molar-refractivity contribution in [1.82, 2.24) is 4.98 Å². The van der Waals surface area contributed by atoms with E-state index in [1.807, 2.05) is 0 Å². The summed E-state index contributed by atoms with van der Waals surface area (Å²) in [6, 6.07) is 2.06. The van der Waals surface area contributed by atoms with E-state index in [0.29, 0.717) is 0 Å². The van der Waals surface area contributed by atoms with E-state index < -0.39 is 23.4 Å². The Hall–Kier alpha value is -2.33. The number of carbonyl (C=O) groups is 1. The number of thiocarbonyl (C=S) groups is 1. The van der Waals surface area contributed by atoms with E-state index in [1.165, 1.54) is 12.6 Å². The maximum Gasteiger partial charge on any atom is 0.352 e. The van der Waals surface area contributed by atoms with Gasteiger partial charge in [-0.3, -0.25) is 0 Å². The van der Waals surface area contributed by atoms with Crippen LogP contribution in [0.25, 0.3) is 0 Å². The third-order valence-corrected chi connectivity index (χ3v) is 3.73. The monoisotopic (exact) mass is 373 g/mol. The minimum Gasteiger partial charge on any atom is -0.491 e. The second-order valence-electron chi connectivity index (χ2n) is 4.30. The molecule has 0 atom stereocenters. The molecule has 2 aromatic rings. The molecule has 0 fully saturated rings. The lowest BCUT2D eigenvalue weighted by Crippen LogP contribution is -2.21. The molecular weight excluding hydrogens is 360 g/mol. The molecule has 1 aromatic heterocycles. The van der Waals surface area contributed by atoms with Crippen LogP contribution in [-0.2, 0) is 4.74 Å². The van der Waals surface area contributed by atoms with Crippen LogP contribution in [0.3, 0.4) is 0 Å². The highest BCUT2D eigenvalue weighted by Gasteiger charge is 2.17. The number of nitrogens with zero attached hydrogens (tertiary/aromatic N) is 1. The number of hydrogen-bond acceptors (Lipinski definition) is 6. The van der Waals surface area contributed by atoms with Gasteiger partial charge in [-0.25, -0.2) is 18.6 Å². The Morgan fingerprint density at radius 1 is 1.33 bits per heavy atom. The Kier molecular flexibility index (Phi) is 5.99. The summed E-state index contributed by atoms with van der Waals surface area (Å²) in [7, 11) is 1.17. The number of anilines is 2. The van der Waals surface area contributed by atoms with Gasteiger partial charge in [0.1, 0.15) is 0 Å². The number of hydrogen-bond donors (Lipinski definition) is 2. The first kappa shape index (κ1) is 18.0. The summed E-state index contributed by atoms with van der Waals surface area (Å²) in [6.45, 7) is 1.91. The fourth-order valence-corrected chi connectivity index (χ4v) is 2.62. The van der Waals surface area contributed by atoms with Crippen molar-refractivity contribution in [3.8, 4) is 5.75 Å². The lowest BCUT2D eigenvalue weighted by atomic mass is 10.2. The average Bonchev–Trinajstić information content (AvgIpc) is 2.95. The number of esters is 1. The van der Waals surface area contributed by atoms with Gasteiger partial charge in [0.15, 0.2) is 33.2 Å². The fraction of sp³-hybridized carbons (Fsp3) is 0.214. The minimum absolute atomic E-state index is 0.00964. The molecule has 24 heavy (non-hydrogen) atoms. The molecule has 0 saturated carbocycles. The Labute approximate surface area is 145 Å². The molecule has 0 bridgehead atoms. The van der Waals surface area contributed by atoms with Crippen LogP contribution in [0.15, 0.2) is 17.6 Å². The number of carbonyl (C=O) groups excluding carboxylic acids is 1. The van der Waals surface area contributed by atoms with Crippen molar-refractivity contribution < 1.29 is 23.0 Å². The molecule has 1 aromatic carbocycles. The summed E-state index contributed by atoms with van der Waals surface area (Å²) >= 11 is 6.14. The predicted octanol–water partition coefficient (Wildman–Crippen LogP) is 3.42. The number of benzene rings is 1. The second kappa shape index (κ2) is 7.97. The van der Waals surface area contributed by atoms with E-state index in [9.17, 15) is 13.6 Å². The van der Waals surface area contributed by atoms with Gasteiger partial charge < -0.3 is 20.1 Å². The van der Waals surface area contributed by atoms with Gasteiger partial charge in [-0.05, 0) is 19.1 Å². The van der Waals surface area contributed by atoms with Crippen LogP contribution in [0, 0.1) is 11.6 Å². The largest absolute Gasteiger partial charge is 0.491 e. The topological polar surface area (TPSA) is 72.5 Å². The van der Waals surface area contributed by atoms with E-state index in [-0.39, 0.29) is 28.1 Å². The van der Waals surface area contributed by atoms with Crippen molar-refractivity contribution in [2.24, 2.45) is 0 Å².